The Morgan fingerprint density at radius 1 is 1.19 bits per heavy atom. The first kappa shape index (κ1) is 17.7. The molecular weight excluding hydrogens is 340 g/mol. The van der Waals surface area contributed by atoms with Crippen molar-refractivity contribution in [2.75, 3.05) is 18.4 Å². The fraction of sp³-hybridized carbons (Fsp3) is 0.333. The van der Waals surface area contributed by atoms with Crippen molar-refractivity contribution in [3.05, 3.63) is 59.9 Å². The number of para-hydroxylation sites is 1. The second kappa shape index (κ2) is 7.50. The van der Waals surface area contributed by atoms with Crippen LogP contribution in [0.15, 0.2) is 48.8 Å². The van der Waals surface area contributed by atoms with Crippen LogP contribution in [0.5, 0.6) is 0 Å². The molecule has 2 heterocycles. The van der Waals surface area contributed by atoms with Gasteiger partial charge in [-0.1, -0.05) is 18.2 Å². The van der Waals surface area contributed by atoms with Gasteiger partial charge in [0.25, 0.3) is 5.91 Å². The average molecular weight is 364 g/mol. The number of carbonyl (C=O) groups excluding carboxylic acids is 1. The highest BCUT2D eigenvalue weighted by Crippen LogP contribution is 2.21. The smallest absolute Gasteiger partial charge is 0.255 e. The molecule has 1 aliphatic heterocycles. The van der Waals surface area contributed by atoms with Crippen LogP contribution < -0.4 is 5.32 Å². The van der Waals surface area contributed by atoms with Gasteiger partial charge in [-0.25, -0.2) is 4.98 Å². The Labute approximate surface area is 158 Å². The number of nitrogens with zero attached hydrogens (tertiary/aromatic N) is 2. The number of hydrogen-bond donors (Lipinski definition) is 2. The van der Waals surface area contributed by atoms with Gasteiger partial charge in [-0.15, -0.1) is 0 Å². The van der Waals surface area contributed by atoms with Gasteiger partial charge in [0.05, 0.1) is 29.7 Å². The minimum Gasteiger partial charge on any atom is -0.373 e. The number of fused-ring (bicyclic) bond motifs is 1. The fourth-order valence-corrected chi connectivity index (χ4v) is 3.69. The van der Waals surface area contributed by atoms with Crippen molar-refractivity contribution >= 4 is 22.6 Å². The number of benzene rings is 2. The quantitative estimate of drug-likeness (QED) is 0.744. The average Bonchev–Trinajstić information content (AvgIpc) is 3.11. The summed E-state index contributed by atoms with van der Waals surface area (Å²) in [4.78, 5) is 22.3. The third kappa shape index (κ3) is 4.02. The van der Waals surface area contributed by atoms with E-state index in [-0.39, 0.29) is 18.1 Å². The summed E-state index contributed by atoms with van der Waals surface area (Å²) in [6.07, 6.45) is 2.13. The lowest BCUT2D eigenvalue weighted by atomic mass is 10.1. The molecule has 3 aromatic rings. The summed E-state index contributed by atoms with van der Waals surface area (Å²) < 4.78 is 5.78. The zero-order valence-corrected chi connectivity index (χ0v) is 15.6. The molecule has 2 unspecified atom stereocenters. The number of anilines is 1. The van der Waals surface area contributed by atoms with Gasteiger partial charge in [0.15, 0.2) is 0 Å². The summed E-state index contributed by atoms with van der Waals surface area (Å²) in [5.74, 6) is -0.134. The molecule has 2 aromatic carbocycles. The number of carbonyl (C=O) groups is 1. The standard InChI is InChI=1S/C21H24N4O2/c1-14-10-25(11-15(2)27-14)12-16-6-8-17(9-7-16)21(26)24-19-5-3-4-18-20(19)23-13-22-18/h3-9,13-15H,10-12H2,1-2H3,(H,22,23)(H,24,26). The minimum absolute atomic E-state index is 0.134. The highest BCUT2D eigenvalue weighted by atomic mass is 16.5. The van der Waals surface area contributed by atoms with Crippen molar-refractivity contribution in [2.45, 2.75) is 32.6 Å². The SMILES string of the molecule is CC1CN(Cc2ccc(C(=O)Nc3cccc4[nH]cnc34)cc2)CC(C)O1. The molecule has 1 aliphatic rings. The Morgan fingerprint density at radius 2 is 1.93 bits per heavy atom. The van der Waals surface area contributed by atoms with Crippen molar-refractivity contribution in [1.82, 2.24) is 14.9 Å². The van der Waals surface area contributed by atoms with Gasteiger partial charge in [-0.05, 0) is 43.7 Å². The van der Waals surface area contributed by atoms with Gasteiger partial charge in [-0.3, -0.25) is 9.69 Å². The van der Waals surface area contributed by atoms with Crippen LogP contribution in [0.1, 0.15) is 29.8 Å². The monoisotopic (exact) mass is 364 g/mol. The summed E-state index contributed by atoms with van der Waals surface area (Å²) in [5.41, 5.74) is 4.20. The molecule has 0 bridgehead atoms. The Hall–Kier alpha value is -2.70. The first-order valence-corrected chi connectivity index (χ1v) is 9.28. The minimum atomic E-state index is -0.134. The number of hydrogen-bond acceptors (Lipinski definition) is 4. The Bertz CT molecular complexity index is 925. The summed E-state index contributed by atoms with van der Waals surface area (Å²) >= 11 is 0. The molecule has 1 amide bonds. The van der Waals surface area contributed by atoms with Gasteiger partial charge in [0.1, 0.15) is 5.52 Å². The van der Waals surface area contributed by atoms with Crippen molar-refractivity contribution in [1.29, 1.82) is 0 Å². The Balaban J connectivity index is 1.42. The second-order valence-corrected chi connectivity index (χ2v) is 7.21. The lowest BCUT2D eigenvalue weighted by Crippen LogP contribution is -2.44. The van der Waals surface area contributed by atoms with E-state index in [1.54, 1.807) is 6.33 Å². The van der Waals surface area contributed by atoms with E-state index in [0.29, 0.717) is 11.3 Å². The Kier molecular flexibility index (Phi) is 4.92. The zero-order chi connectivity index (χ0) is 18.8. The lowest BCUT2D eigenvalue weighted by molar-refractivity contribution is -0.0704. The molecule has 1 saturated heterocycles. The molecule has 4 rings (SSSR count). The van der Waals surface area contributed by atoms with Crippen LogP contribution in [0.2, 0.25) is 0 Å². The number of H-pyrrole nitrogens is 1. The molecule has 0 spiro atoms. The molecule has 6 nitrogen and oxygen atoms in total. The van der Waals surface area contributed by atoms with Gasteiger partial charge < -0.3 is 15.0 Å². The maximum absolute atomic E-state index is 12.6. The number of aromatic nitrogens is 2. The first-order chi connectivity index (χ1) is 13.1. The summed E-state index contributed by atoms with van der Waals surface area (Å²) in [5, 5.41) is 2.95. The van der Waals surface area contributed by atoms with Gasteiger partial charge in [0.2, 0.25) is 0 Å². The van der Waals surface area contributed by atoms with Crippen LogP contribution in [0.25, 0.3) is 11.0 Å². The van der Waals surface area contributed by atoms with Crippen molar-refractivity contribution in [3.8, 4) is 0 Å². The molecule has 140 valence electrons. The van der Waals surface area contributed by atoms with Gasteiger partial charge >= 0.3 is 0 Å². The van der Waals surface area contributed by atoms with E-state index in [9.17, 15) is 4.79 Å². The molecule has 1 fully saturated rings. The number of morpholine rings is 1. The molecular formula is C21H24N4O2. The number of amides is 1. The highest BCUT2D eigenvalue weighted by Gasteiger charge is 2.22. The summed E-state index contributed by atoms with van der Waals surface area (Å²) in [6.45, 7) is 6.94. The molecule has 2 atom stereocenters. The second-order valence-electron chi connectivity index (χ2n) is 7.21. The van der Waals surface area contributed by atoms with Crippen molar-refractivity contribution < 1.29 is 9.53 Å². The van der Waals surface area contributed by atoms with Crippen molar-refractivity contribution in [3.63, 3.8) is 0 Å². The number of aromatic amines is 1. The van der Waals surface area contributed by atoms with Crippen LogP contribution in [0, 0.1) is 0 Å². The lowest BCUT2D eigenvalue weighted by Gasteiger charge is -2.35. The number of nitrogens with one attached hydrogen (secondary N) is 2. The largest absolute Gasteiger partial charge is 0.373 e. The maximum atomic E-state index is 12.6. The van der Waals surface area contributed by atoms with E-state index in [4.69, 9.17) is 4.74 Å². The Morgan fingerprint density at radius 3 is 2.67 bits per heavy atom. The number of ether oxygens (including phenoxy) is 1. The van der Waals surface area contributed by atoms with Crippen LogP contribution in [-0.4, -0.2) is 46.1 Å². The van der Waals surface area contributed by atoms with E-state index in [1.165, 1.54) is 5.56 Å². The topological polar surface area (TPSA) is 70.2 Å². The zero-order valence-electron chi connectivity index (χ0n) is 15.6. The van der Waals surface area contributed by atoms with E-state index < -0.39 is 0 Å². The number of rotatable bonds is 4. The number of imidazole rings is 1. The third-order valence-electron chi connectivity index (χ3n) is 4.82. The molecule has 2 N–H and O–H groups in total. The molecule has 27 heavy (non-hydrogen) atoms. The van der Waals surface area contributed by atoms with Crippen LogP contribution in [-0.2, 0) is 11.3 Å². The van der Waals surface area contributed by atoms with Crippen LogP contribution in [0.4, 0.5) is 5.69 Å². The summed E-state index contributed by atoms with van der Waals surface area (Å²) in [6, 6.07) is 13.5. The van der Waals surface area contributed by atoms with E-state index >= 15 is 0 Å². The molecule has 1 aromatic heterocycles. The molecule has 0 saturated carbocycles. The first-order valence-electron chi connectivity index (χ1n) is 9.28. The maximum Gasteiger partial charge on any atom is 0.255 e. The van der Waals surface area contributed by atoms with E-state index in [2.05, 4.69) is 34.0 Å². The van der Waals surface area contributed by atoms with Crippen molar-refractivity contribution in [2.24, 2.45) is 0 Å². The van der Waals surface area contributed by atoms with E-state index in [0.717, 1.165) is 30.7 Å². The predicted molar refractivity (Wildman–Crippen MR) is 106 cm³/mol. The summed E-state index contributed by atoms with van der Waals surface area (Å²) in [7, 11) is 0. The normalized spacial score (nSPS) is 20.7. The van der Waals surface area contributed by atoms with Gasteiger partial charge in [0, 0.05) is 25.2 Å². The van der Waals surface area contributed by atoms with E-state index in [1.807, 2.05) is 42.5 Å². The van der Waals surface area contributed by atoms with Gasteiger partial charge in [-0.2, -0.15) is 0 Å². The van der Waals surface area contributed by atoms with Crippen LogP contribution in [0.3, 0.4) is 0 Å². The third-order valence-corrected chi connectivity index (χ3v) is 4.82. The highest BCUT2D eigenvalue weighted by molar-refractivity contribution is 6.07. The van der Waals surface area contributed by atoms with Crippen LogP contribution >= 0.6 is 0 Å². The molecule has 0 aliphatic carbocycles. The fourth-order valence-electron chi connectivity index (χ4n) is 3.69. The predicted octanol–water partition coefficient (Wildman–Crippen LogP) is 3.42. The molecule has 6 heteroatoms. The molecule has 0 radical (unpaired) electrons.